The minimum absolute atomic E-state index is 0.390. The molecule has 2 heterocycles. The van der Waals surface area contributed by atoms with Gasteiger partial charge in [0.05, 0.1) is 6.67 Å². The van der Waals surface area contributed by atoms with Crippen molar-refractivity contribution in [1.29, 1.82) is 0 Å². The minimum atomic E-state index is 0.390. The van der Waals surface area contributed by atoms with Gasteiger partial charge in [0.25, 0.3) is 0 Å². The summed E-state index contributed by atoms with van der Waals surface area (Å²) in [7, 11) is 2.19. The standard InChI is InChI=1S/C15H20N4S3/c1-17-8-9-18(11-19-15(20)22-14(16-19)21-2)13(10-17)12-6-4-3-5-7-12/h3-7,13H,8-11H2,1-2H3/t13-/m0/s1. The molecule has 118 valence electrons. The summed E-state index contributed by atoms with van der Waals surface area (Å²) in [6.45, 7) is 3.92. The Bertz CT molecular complexity index is 667. The molecule has 3 rings (SSSR count). The lowest BCUT2D eigenvalue weighted by Gasteiger charge is -2.40. The molecule has 0 aliphatic carbocycles. The van der Waals surface area contributed by atoms with Crippen LogP contribution in [0.1, 0.15) is 11.6 Å². The zero-order chi connectivity index (χ0) is 15.5. The van der Waals surface area contributed by atoms with Crippen LogP contribution in [0.2, 0.25) is 0 Å². The van der Waals surface area contributed by atoms with Gasteiger partial charge >= 0.3 is 0 Å². The first kappa shape index (κ1) is 16.1. The van der Waals surface area contributed by atoms with E-state index in [-0.39, 0.29) is 0 Å². The largest absolute Gasteiger partial charge is 0.303 e. The van der Waals surface area contributed by atoms with Crippen molar-refractivity contribution in [2.24, 2.45) is 0 Å². The molecule has 0 saturated carbocycles. The number of benzene rings is 1. The molecule has 2 aromatic rings. The predicted molar refractivity (Wildman–Crippen MR) is 96.1 cm³/mol. The maximum atomic E-state index is 5.45. The number of rotatable bonds is 4. The number of piperazine rings is 1. The van der Waals surface area contributed by atoms with E-state index >= 15 is 0 Å². The summed E-state index contributed by atoms with van der Waals surface area (Å²) in [5, 5.41) is 4.61. The van der Waals surface area contributed by atoms with Crippen LogP contribution in [0.5, 0.6) is 0 Å². The Labute approximate surface area is 144 Å². The Kier molecular flexibility index (Phi) is 5.30. The molecular weight excluding hydrogens is 332 g/mol. The SMILES string of the molecule is CSc1nn(CN2CCN(C)C[C@H]2c2ccccc2)c(=S)s1. The van der Waals surface area contributed by atoms with Crippen molar-refractivity contribution in [3.63, 3.8) is 0 Å². The highest BCUT2D eigenvalue weighted by molar-refractivity contribution is 8.00. The van der Waals surface area contributed by atoms with Crippen molar-refractivity contribution >= 4 is 35.3 Å². The number of nitrogens with zero attached hydrogens (tertiary/aromatic N) is 4. The fraction of sp³-hybridized carbons (Fsp3) is 0.467. The van der Waals surface area contributed by atoms with Crippen LogP contribution in [0.3, 0.4) is 0 Å². The fourth-order valence-corrected chi connectivity index (χ4v) is 4.49. The summed E-state index contributed by atoms with van der Waals surface area (Å²) < 4.78 is 3.86. The Balaban J connectivity index is 1.83. The summed E-state index contributed by atoms with van der Waals surface area (Å²) >= 11 is 8.70. The number of thioether (sulfide) groups is 1. The van der Waals surface area contributed by atoms with E-state index in [1.165, 1.54) is 5.56 Å². The van der Waals surface area contributed by atoms with E-state index in [9.17, 15) is 0 Å². The lowest BCUT2D eigenvalue weighted by atomic mass is 10.0. The van der Waals surface area contributed by atoms with Crippen LogP contribution >= 0.6 is 35.3 Å². The summed E-state index contributed by atoms with van der Waals surface area (Å²) in [6, 6.07) is 11.1. The van der Waals surface area contributed by atoms with E-state index in [0.717, 1.165) is 34.6 Å². The molecule has 0 unspecified atom stereocenters. The lowest BCUT2D eigenvalue weighted by molar-refractivity contribution is 0.0582. The normalized spacial score (nSPS) is 20.4. The van der Waals surface area contributed by atoms with Gasteiger partial charge in [0.2, 0.25) is 0 Å². The molecule has 22 heavy (non-hydrogen) atoms. The van der Waals surface area contributed by atoms with Crippen LogP contribution in [0.15, 0.2) is 34.7 Å². The molecule has 1 aliphatic heterocycles. The van der Waals surface area contributed by atoms with Crippen LogP contribution < -0.4 is 0 Å². The molecule has 0 radical (unpaired) electrons. The van der Waals surface area contributed by atoms with Crippen molar-refractivity contribution in [1.82, 2.24) is 19.6 Å². The molecule has 1 aliphatic rings. The van der Waals surface area contributed by atoms with Gasteiger partial charge in [-0.1, -0.05) is 53.4 Å². The highest BCUT2D eigenvalue weighted by atomic mass is 32.2. The van der Waals surface area contributed by atoms with Gasteiger partial charge in [0.1, 0.15) is 0 Å². The highest BCUT2D eigenvalue weighted by Gasteiger charge is 2.27. The molecule has 0 amide bonds. The van der Waals surface area contributed by atoms with Crippen molar-refractivity contribution in [3.05, 3.63) is 39.8 Å². The van der Waals surface area contributed by atoms with E-state index in [2.05, 4.69) is 52.3 Å². The lowest BCUT2D eigenvalue weighted by Crippen LogP contribution is -2.47. The molecule has 4 nitrogen and oxygen atoms in total. The van der Waals surface area contributed by atoms with E-state index in [0.29, 0.717) is 6.04 Å². The second-order valence-corrected chi connectivity index (χ2v) is 8.16. The summed E-state index contributed by atoms with van der Waals surface area (Å²) in [5.41, 5.74) is 1.36. The van der Waals surface area contributed by atoms with E-state index in [1.54, 1.807) is 23.1 Å². The number of likely N-dealkylation sites (N-methyl/N-ethyl adjacent to an activating group) is 1. The van der Waals surface area contributed by atoms with Gasteiger partial charge in [-0.2, -0.15) is 5.10 Å². The maximum absolute atomic E-state index is 5.45. The number of aromatic nitrogens is 2. The molecule has 1 aromatic heterocycles. The first-order valence-electron chi connectivity index (χ1n) is 7.27. The van der Waals surface area contributed by atoms with Gasteiger partial charge in [-0.3, -0.25) is 4.90 Å². The molecule has 1 atom stereocenters. The van der Waals surface area contributed by atoms with Crippen LogP contribution in [0.25, 0.3) is 0 Å². The zero-order valence-corrected chi connectivity index (χ0v) is 15.3. The smallest absolute Gasteiger partial charge is 0.181 e. The predicted octanol–water partition coefficient (Wildman–Crippen LogP) is 3.34. The van der Waals surface area contributed by atoms with Gasteiger partial charge in [0.15, 0.2) is 8.29 Å². The van der Waals surface area contributed by atoms with Crippen molar-refractivity contribution in [2.45, 2.75) is 17.1 Å². The molecule has 7 heteroatoms. The molecule has 1 aromatic carbocycles. The molecule has 1 fully saturated rings. The van der Waals surface area contributed by atoms with Crippen LogP contribution in [0, 0.1) is 3.95 Å². The molecule has 0 N–H and O–H groups in total. The highest BCUT2D eigenvalue weighted by Crippen LogP contribution is 2.26. The average Bonchev–Trinajstić information content (AvgIpc) is 2.90. The van der Waals surface area contributed by atoms with E-state index in [1.807, 2.05) is 10.9 Å². The average molecular weight is 353 g/mol. The van der Waals surface area contributed by atoms with E-state index in [4.69, 9.17) is 12.2 Å². The zero-order valence-electron chi connectivity index (χ0n) is 12.8. The topological polar surface area (TPSA) is 24.3 Å². The van der Waals surface area contributed by atoms with E-state index < -0.39 is 0 Å². The Morgan fingerprint density at radius 3 is 2.77 bits per heavy atom. The van der Waals surface area contributed by atoms with Crippen LogP contribution in [-0.2, 0) is 6.67 Å². The molecule has 0 spiro atoms. The van der Waals surface area contributed by atoms with Crippen LogP contribution in [0.4, 0.5) is 0 Å². The molecular formula is C15H20N4S3. The van der Waals surface area contributed by atoms with Crippen LogP contribution in [-0.4, -0.2) is 52.5 Å². The first-order chi connectivity index (χ1) is 10.7. The summed E-state index contributed by atoms with van der Waals surface area (Å²) in [4.78, 5) is 4.87. The minimum Gasteiger partial charge on any atom is -0.303 e. The Morgan fingerprint density at radius 2 is 2.09 bits per heavy atom. The Hall–Kier alpha value is -0.730. The second kappa shape index (κ2) is 7.23. The Morgan fingerprint density at radius 1 is 1.32 bits per heavy atom. The van der Waals surface area contributed by atoms with Gasteiger partial charge < -0.3 is 4.90 Å². The molecule has 1 saturated heterocycles. The number of hydrogen-bond donors (Lipinski definition) is 0. The fourth-order valence-electron chi connectivity index (χ4n) is 2.75. The second-order valence-electron chi connectivity index (χ2n) is 5.48. The summed E-state index contributed by atoms with van der Waals surface area (Å²) in [6.07, 6.45) is 2.04. The monoisotopic (exact) mass is 352 g/mol. The maximum Gasteiger partial charge on any atom is 0.181 e. The van der Waals surface area contributed by atoms with Crippen molar-refractivity contribution in [2.75, 3.05) is 32.9 Å². The molecule has 0 bridgehead atoms. The summed E-state index contributed by atoms with van der Waals surface area (Å²) in [5.74, 6) is 0. The first-order valence-corrected chi connectivity index (χ1v) is 9.72. The third kappa shape index (κ3) is 3.60. The third-order valence-corrected chi connectivity index (χ3v) is 6.24. The van der Waals surface area contributed by atoms with Crippen molar-refractivity contribution < 1.29 is 0 Å². The van der Waals surface area contributed by atoms with Crippen molar-refractivity contribution in [3.8, 4) is 0 Å². The number of hydrogen-bond acceptors (Lipinski definition) is 6. The van der Waals surface area contributed by atoms with Gasteiger partial charge in [-0.05, 0) is 31.1 Å². The van der Waals surface area contributed by atoms with Gasteiger partial charge in [-0.15, -0.1) is 0 Å². The van der Waals surface area contributed by atoms with Gasteiger partial charge in [-0.25, -0.2) is 4.68 Å². The quantitative estimate of drug-likeness (QED) is 0.621. The third-order valence-electron chi connectivity index (χ3n) is 3.96. The van der Waals surface area contributed by atoms with Gasteiger partial charge in [0, 0.05) is 25.7 Å².